The number of aromatic nitrogens is 3. The number of ether oxygens (including phenoxy) is 2. The molecular weight excluding hydrogens is 322 g/mol. The van der Waals surface area contributed by atoms with E-state index < -0.39 is 0 Å². The van der Waals surface area contributed by atoms with Gasteiger partial charge in [0, 0.05) is 19.2 Å². The van der Waals surface area contributed by atoms with E-state index in [1.807, 2.05) is 18.4 Å². The summed E-state index contributed by atoms with van der Waals surface area (Å²) in [6.07, 6.45) is 0. The summed E-state index contributed by atoms with van der Waals surface area (Å²) in [6.45, 7) is 5.80. The van der Waals surface area contributed by atoms with Crippen molar-refractivity contribution in [3.05, 3.63) is 35.4 Å². The van der Waals surface area contributed by atoms with Gasteiger partial charge in [0.15, 0.2) is 23.9 Å². The van der Waals surface area contributed by atoms with E-state index in [0.29, 0.717) is 43.3 Å². The first-order chi connectivity index (χ1) is 12.1. The number of rotatable bonds is 5. The van der Waals surface area contributed by atoms with E-state index in [4.69, 9.17) is 14.7 Å². The summed E-state index contributed by atoms with van der Waals surface area (Å²) in [7, 11) is 0. The minimum Gasteiger partial charge on any atom is -0.490 e. The molecular formula is C17H19N5O3. The predicted octanol–water partition coefficient (Wildman–Crippen LogP) is 1.28. The molecule has 0 fully saturated rings. The monoisotopic (exact) mass is 341 g/mol. The van der Waals surface area contributed by atoms with E-state index in [-0.39, 0.29) is 12.5 Å². The third-order valence-corrected chi connectivity index (χ3v) is 4.01. The van der Waals surface area contributed by atoms with Gasteiger partial charge in [0.05, 0.1) is 24.8 Å². The number of carbonyl (C=O) groups excluding carboxylic acids is 1. The Morgan fingerprint density at radius 1 is 1.28 bits per heavy atom. The molecule has 1 aromatic carbocycles. The van der Waals surface area contributed by atoms with Crippen molar-refractivity contribution in [3.8, 4) is 17.6 Å². The highest BCUT2D eigenvalue weighted by Crippen LogP contribution is 2.28. The highest BCUT2D eigenvalue weighted by atomic mass is 16.5. The summed E-state index contributed by atoms with van der Waals surface area (Å²) in [5, 5.41) is 17.1. The van der Waals surface area contributed by atoms with Crippen LogP contribution in [-0.2, 0) is 17.9 Å². The van der Waals surface area contributed by atoms with Gasteiger partial charge in [0.2, 0.25) is 0 Å². The van der Waals surface area contributed by atoms with Crippen LogP contribution in [0.1, 0.15) is 24.1 Å². The van der Waals surface area contributed by atoms with Gasteiger partial charge in [-0.2, -0.15) is 5.26 Å². The maximum Gasteiger partial charge on any atom is 0.260 e. The van der Waals surface area contributed by atoms with Crippen LogP contribution in [0.15, 0.2) is 18.2 Å². The number of amides is 1. The van der Waals surface area contributed by atoms with Gasteiger partial charge in [-0.3, -0.25) is 4.79 Å². The topological polar surface area (TPSA) is 93.3 Å². The molecule has 2 heterocycles. The van der Waals surface area contributed by atoms with Gasteiger partial charge < -0.3 is 18.9 Å². The Bertz CT molecular complexity index is 824. The van der Waals surface area contributed by atoms with Crippen LogP contribution in [0.5, 0.6) is 11.5 Å². The van der Waals surface area contributed by atoms with Crippen LogP contribution < -0.4 is 9.47 Å². The largest absolute Gasteiger partial charge is 0.490 e. The fourth-order valence-corrected chi connectivity index (χ4v) is 2.71. The van der Waals surface area contributed by atoms with Crippen molar-refractivity contribution in [1.29, 1.82) is 5.26 Å². The van der Waals surface area contributed by atoms with Crippen molar-refractivity contribution < 1.29 is 14.3 Å². The molecule has 0 N–H and O–H groups in total. The number of aryl methyl sites for hydroxylation is 1. The molecule has 25 heavy (non-hydrogen) atoms. The SMILES string of the molecule is CCOc1cc(C#N)ccc1OCC(=O)N1CCn2c(C)nnc2C1. The summed E-state index contributed by atoms with van der Waals surface area (Å²) in [4.78, 5) is 14.1. The fraction of sp³-hybridized carbons (Fsp3) is 0.412. The predicted molar refractivity (Wildman–Crippen MR) is 88.0 cm³/mol. The Morgan fingerprint density at radius 3 is 2.88 bits per heavy atom. The number of carbonyl (C=O) groups is 1. The molecule has 3 rings (SSSR count). The molecule has 130 valence electrons. The zero-order valence-electron chi connectivity index (χ0n) is 14.2. The van der Waals surface area contributed by atoms with Gasteiger partial charge in [-0.05, 0) is 26.0 Å². The molecule has 2 aromatic rings. The van der Waals surface area contributed by atoms with Crippen molar-refractivity contribution >= 4 is 5.91 Å². The first kappa shape index (κ1) is 16.8. The van der Waals surface area contributed by atoms with E-state index in [1.165, 1.54) is 0 Å². The molecule has 0 unspecified atom stereocenters. The van der Waals surface area contributed by atoms with Gasteiger partial charge in [-0.15, -0.1) is 10.2 Å². The van der Waals surface area contributed by atoms with Crippen LogP contribution in [0.4, 0.5) is 0 Å². The van der Waals surface area contributed by atoms with Gasteiger partial charge in [0.1, 0.15) is 5.82 Å². The van der Waals surface area contributed by atoms with Crippen LogP contribution in [0.3, 0.4) is 0 Å². The molecule has 0 saturated heterocycles. The first-order valence-electron chi connectivity index (χ1n) is 8.08. The summed E-state index contributed by atoms with van der Waals surface area (Å²) in [6, 6.07) is 6.94. The highest BCUT2D eigenvalue weighted by molar-refractivity contribution is 5.78. The normalized spacial score (nSPS) is 13.1. The molecule has 1 aromatic heterocycles. The van der Waals surface area contributed by atoms with Crippen molar-refractivity contribution in [2.24, 2.45) is 0 Å². The second-order valence-electron chi connectivity index (χ2n) is 5.63. The van der Waals surface area contributed by atoms with Crippen LogP contribution in [0, 0.1) is 18.3 Å². The van der Waals surface area contributed by atoms with Gasteiger partial charge in [-0.25, -0.2) is 0 Å². The van der Waals surface area contributed by atoms with Gasteiger partial charge in [0.25, 0.3) is 5.91 Å². The molecule has 0 atom stereocenters. The summed E-state index contributed by atoms with van der Waals surface area (Å²) >= 11 is 0. The van der Waals surface area contributed by atoms with Gasteiger partial charge in [-0.1, -0.05) is 0 Å². The maximum absolute atomic E-state index is 12.4. The number of hydrogen-bond acceptors (Lipinski definition) is 6. The van der Waals surface area contributed by atoms with Crippen LogP contribution in [-0.4, -0.2) is 45.3 Å². The van der Waals surface area contributed by atoms with Crippen LogP contribution in [0.2, 0.25) is 0 Å². The van der Waals surface area contributed by atoms with E-state index in [9.17, 15) is 4.79 Å². The molecule has 1 aliphatic heterocycles. The Balaban J connectivity index is 1.64. The van der Waals surface area contributed by atoms with Gasteiger partial charge >= 0.3 is 0 Å². The van der Waals surface area contributed by atoms with Crippen molar-refractivity contribution in [2.75, 3.05) is 19.8 Å². The molecule has 8 nitrogen and oxygen atoms in total. The molecule has 0 saturated carbocycles. The fourth-order valence-electron chi connectivity index (χ4n) is 2.71. The average molecular weight is 341 g/mol. The smallest absolute Gasteiger partial charge is 0.260 e. The number of nitriles is 1. The minimum absolute atomic E-state index is 0.0981. The van der Waals surface area contributed by atoms with Crippen LogP contribution >= 0.6 is 0 Å². The highest BCUT2D eigenvalue weighted by Gasteiger charge is 2.23. The Morgan fingerprint density at radius 2 is 2.12 bits per heavy atom. The number of benzene rings is 1. The minimum atomic E-state index is -0.126. The van der Waals surface area contributed by atoms with Crippen LogP contribution in [0.25, 0.3) is 0 Å². The van der Waals surface area contributed by atoms with E-state index in [1.54, 1.807) is 23.1 Å². The molecule has 0 bridgehead atoms. The average Bonchev–Trinajstić information content (AvgIpc) is 3.01. The van der Waals surface area contributed by atoms with E-state index in [0.717, 1.165) is 11.6 Å². The number of nitrogens with zero attached hydrogens (tertiary/aromatic N) is 5. The van der Waals surface area contributed by atoms with Crippen molar-refractivity contribution in [2.45, 2.75) is 26.9 Å². The zero-order valence-corrected chi connectivity index (χ0v) is 14.2. The molecule has 1 amide bonds. The van der Waals surface area contributed by atoms with E-state index in [2.05, 4.69) is 16.3 Å². The Labute approximate surface area is 145 Å². The third kappa shape index (κ3) is 3.55. The maximum atomic E-state index is 12.4. The van der Waals surface area contributed by atoms with E-state index >= 15 is 0 Å². The third-order valence-electron chi connectivity index (χ3n) is 4.01. The molecule has 0 aliphatic carbocycles. The Hall–Kier alpha value is -3.08. The second kappa shape index (κ2) is 7.21. The lowest BCUT2D eigenvalue weighted by Crippen LogP contribution is -2.41. The summed E-state index contributed by atoms with van der Waals surface area (Å²) < 4.78 is 13.1. The first-order valence-corrected chi connectivity index (χ1v) is 8.08. The lowest BCUT2D eigenvalue weighted by molar-refractivity contribution is -0.134. The Kier molecular flexibility index (Phi) is 4.84. The van der Waals surface area contributed by atoms with Crippen molar-refractivity contribution in [1.82, 2.24) is 19.7 Å². The molecule has 0 spiro atoms. The quantitative estimate of drug-likeness (QED) is 0.813. The summed E-state index contributed by atoms with van der Waals surface area (Å²) in [5.74, 6) is 2.43. The molecule has 8 heteroatoms. The zero-order chi connectivity index (χ0) is 17.8. The molecule has 1 aliphatic rings. The number of fused-ring (bicyclic) bond motifs is 1. The second-order valence-corrected chi connectivity index (χ2v) is 5.63. The number of hydrogen-bond donors (Lipinski definition) is 0. The lowest BCUT2D eigenvalue weighted by atomic mass is 10.2. The lowest BCUT2D eigenvalue weighted by Gasteiger charge is -2.27. The van der Waals surface area contributed by atoms with Crippen molar-refractivity contribution in [3.63, 3.8) is 0 Å². The standard InChI is InChI=1S/C17H19N5O3/c1-3-24-15-8-13(9-18)4-5-14(15)25-11-17(23)21-6-7-22-12(2)19-20-16(22)10-21/h4-5,8H,3,6-7,10-11H2,1-2H3. The molecule has 0 radical (unpaired) electrons. The summed E-state index contributed by atoms with van der Waals surface area (Å²) in [5.41, 5.74) is 0.480.